The number of hydrogen-bond donors (Lipinski definition) is 2. The molecule has 2 aromatic carbocycles. The highest BCUT2D eigenvalue weighted by molar-refractivity contribution is 5.89. The standard InChI is InChI=1S/C20H24N2O6/c1-12(21-20(23)22-14-6-5-7-15(10-14)24-2)8-13-9-16-18(28-11-27-16)19(26-4)17(13)25-3/h5-7,9-10,12H,8,11H2,1-4H3,(H2,21,22,23)/t12-/m1/s1. The van der Waals surface area contributed by atoms with Crippen molar-refractivity contribution in [3.63, 3.8) is 0 Å². The first kappa shape index (κ1) is 19.5. The number of urea groups is 1. The zero-order valence-corrected chi connectivity index (χ0v) is 16.3. The first-order valence-corrected chi connectivity index (χ1v) is 8.80. The van der Waals surface area contributed by atoms with E-state index in [9.17, 15) is 4.79 Å². The zero-order valence-electron chi connectivity index (χ0n) is 16.3. The van der Waals surface area contributed by atoms with Crippen molar-refractivity contribution in [1.82, 2.24) is 5.32 Å². The fourth-order valence-corrected chi connectivity index (χ4v) is 3.08. The molecule has 0 saturated carbocycles. The molecule has 2 N–H and O–H groups in total. The highest BCUT2D eigenvalue weighted by Crippen LogP contribution is 2.49. The van der Waals surface area contributed by atoms with E-state index in [1.54, 1.807) is 33.5 Å². The molecular weight excluding hydrogens is 364 g/mol. The molecule has 2 aromatic rings. The van der Waals surface area contributed by atoms with Crippen LogP contribution in [0.25, 0.3) is 0 Å². The maximum Gasteiger partial charge on any atom is 0.319 e. The minimum absolute atomic E-state index is 0.134. The third-order valence-corrected chi connectivity index (χ3v) is 4.29. The average Bonchev–Trinajstić information content (AvgIpc) is 3.14. The van der Waals surface area contributed by atoms with Crippen molar-refractivity contribution in [1.29, 1.82) is 0 Å². The summed E-state index contributed by atoms with van der Waals surface area (Å²) >= 11 is 0. The summed E-state index contributed by atoms with van der Waals surface area (Å²) in [7, 11) is 4.69. The van der Waals surface area contributed by atoms with Crippen molar-refractivity contribution in [2.75, 3.05) is 33.4 Å². The van der Waals surface area contributed by atoms with Crippen molar-refractivity contribution in [3.05, 3.63) is 35.9 Å². The first-order chi connectivity index (χ1) is 13.5. The average molecular weight is 388 g/mol. The Morgan fingerprint density at radius 3 is 2.61 bits per heavy atom. The van der Waals surface area contributed by atoms with E-state index >= 15 is 0 Å². The van der Waals surface area contributed by atoms with Crippen molar-refractivity contribution >= 4 is 11.7 Å². The topological polar surface area (TPSA) is 87.3 Å². The Kier molecular flexibility index (Phi) is 5.98. The van der Waals surface area contributed by atoms with E-state index < -0.39 is 0 Å². The first-order valence-electron chi connectivity index (χ1n) is 8.80. The van der Waals surface area contributed by atoms with Crippen LogP contribution in [0.4, 0.5) is 10.5 Å². The van der Waals surface area contributed by atoms with Gasteiger partial charge in [-0.05, 0) is 31.5 Å². The van der Waals surface area contributed by atoms with Gasteiger partial charge in [0.2, 0.25) is 18.3 Å². The number of anilines is 1. The number of hydrogen-bond acceptors (Lipinski definition) is 6. The minimum atomic E-state index is -0.313. The summed E-state index contributed by atoms with van der Waals surface area (Å²) in [6.07, 6.45) is 0.516. The second-order valence-electron chi connectivity index (χ2n) is 6.27. The van der Waals surface area contributed by atoms with E-state index in [-0.39, 0.29) is 18.9 Å². The van der Waals surface area contributed by atoms with E-state index in [0.29, 0.717) is 40.9 Å². The number of ether oxygens (including phenoxy) is 5. The molecule has 0 bridgehead atoms. The fourth-order valence-electron chi connectivity index (χ4n) is 3.08. The Morgan fingerprint density at radius 1 is 1.11 bits per heavy atom. The zero-order chi connectivity index (χ0) is 20.1. The largest absolute Gasteiger partial charge is 0.497 e. The number of benzene rings is 2. The smallest absolute Gasteiger partial charge is 0.319 e. The van der Waals surface area contributed by atoms with Crippen LogP contribution in [0.2, 0.25) is 0 Å². The van der Waals surface area contributed by atoms with Crippen LogP contribution in [0.5, 0.6) is 28.7 Å². The number of carbonyl (C=O) groups excluding carboxylic acids is 1. The van der Waals surface area contributed by atoms with Crippen LogP contribution in [-0.2, 0) is 6.42 Å². The molecule has 2 amide bonds. The molecule has 28 heavy (non-hydrogen) atoms. The highest BCUT2D eigenvalue weighted by atomic mass is 16.7. The molecule has 8 nitrogen and oxygen atoms in total. The van der Waals surface area contributed by atoms with Crippen LogP contribution in [0.3, 0.4) is 0 Å². The molecule has 0 saturated heterocycles. The van der Waals surface area contributed by atoms with Gasteiger partial charge in [-0.15, -0.1) is 0 Å². The third-order valence-electron chi connectivity index (χ3n) is 4.29. The summed E-state index contributed by atoms with van der Waals surface area (Å²) in [5, 5.41) is 5.71. The van der Waals surface area contributed by atoms with Gasteiger partial charge < -0.3 is 34.3 Å². The summed E-state index contributed by atoms with van der Waals surface area (Å²) in [6, 6.07) is 8.51. The maximum atomic E-state index is 12.3. The van der Waals surface area contributed by atoms with E-state index in [0.717, 1.165) is 5.56 Å². The molecule has 0 aliphatic carbocycles. The van der Waals surface area contributed by atoms with Gasteiger partial charge in [-0.25, -0.2) is 4.79 Å². The lowest BCUT2D eigenvalue weighted by molar-refractivity contribution is 0.170. The van der Waals surface area contributed by atoms with Crippen LogP contribution in [-0.4, -0.2) is 40.2 Å². The number of methoxy groups -OCH3 is 3. The summed E-state index contributed by atoms with van der Waals surface area (Å²) in [5.41, 5.74) is 1.49. The van der Waals surface area contributed by atoms with Crippen molar-refractivity contribution in [2.45, 2.75) is 19.4 Å². The molecule has 150 valence electrons. The van der Waals surface area contributed by atoms with Crippen LogP contribution in [0.1, 0.15) is 12.5 Å². The number of amides is 2. The predicted molar refractivity (Wildman–Crippen MR) is 104 cm³/mol. The maximum absolute atomic E-state index is 12.3. The van der Waals surface area contributed by atoms with Crippen molar-refractivity contribution in [3.8, 4) is 28.7 Å². The molecule has 0 spiro atoms. The van der Waals surface area contributed by atoms with Gasteiger partial charge in [-0.3, -0.25) is 0 Å². The van der Waals surface area contributed by atoms with Gasteiger partial charge >= 0.3 is 6.03 Å². The molecule has 3 rings (SSSR count). The molecule has 1 atom stereocenters. The molecule has 1 aliphatic heterocycles. The third kappa shape index (κ3) is 4.16. The van der Waals surface area contributed by atoms with Gasteiger partial charge in [0.1, 0.15) is 5.75 Å². The number of carbonyl (C=O) groups is 1. The lowest BCUT2D eigenvalue weighted by Crippen LogP contribution is -2.37. The van der Waals surface area contributed by atoms with Crippen molar-refractivity contribution in [2.24, 2.45) is 0 Å². The van der Waals surface area contributed by atoms with Gasteiger partial charge in [0, 0.05) is 23.4 Å². The molecule has 1 aliphatic rings. The fraction of sp³-hybridized carbons (Fsp3) is 0.350. The van der Waals surface area contributed by atoms with Gasteiger partial charge in [0.05, 0.1) is 21.3 Å². The van der Waals surface area contributed by atoms with Crippen LogP contribution in [0, 0.1) is 0 Å². The van der Waals surface area contributed by atoms with Crippen LogP contribution in [0.15, 0.2) is 30.3 Å². The second kappa shape index (κ2) is 8.60. The molecule has 1 heterocycles. The van der Waals surface area contributed by atoms with Gasteiger partial charge in [0.25, 0.3) is 0 Å². The number of nitrogens with one attached hydrogen (secondary N) is 2. The van der Waals surface area contributed by atoms with E-state index in [2.05, 4.69) is 10.6 Å². The van der Waals surface area contributed by atoms with E-state index in [4.69, 9.17) is 23.7 Å². The molecular formula is C20H24N2O6. The number of rotatable bonds is 7. The van der Waals surface area contributed by atoms with E-state index in [1.807, 2.05) is 25.1 Å². The summed E-state index contributed by atoms with van der Waals surface area (Å²) in [6.45, 7) is 2.04. The Labute approximate surface area is 163 Å². The second-order valence-corrected chi connectivity index (χ2v) is 6.27. The molecule has 0 fully saturated rings. The quantitative estimate of drug-likeness (QED) is 0.758. The minimum Gasteiger partial charge on any atom is -0.497 e. The molecule has 0 unspecified atom stereocenters. The lowest BCUT2D eigenvalue weighted by Gasteiger charge is -2.19. The Hall–Kier alpha value is -3.29. The van der Waals surface area contributed by atoms with Crippen molar-refractivity contribution < 1.29 is 28.5 Å². The number of fused-ring (bicyclic) bond motifs is 1. The lowest BCUT2D eigenvalue weighted by atomic mass is 10.0. The van der Waals surface area contributed by atoms with Crippen LogP contribution < -0.4 is 34.3 Å². The van der Waals surface area contributed by atoms with E-state index in [1.165, 1.54) is 0 Å². The van der Waals surface area contributed by atoms with Gasteiger partial charge in [-0.2, -0.15) is 0 Å². The molecule has 0 radical (unpaired) electrons. The summed E-state index contributed by atoms with van der Waals surface area (Å²) in [5.74, 6) is 2.84. The molecule has 0 aromatic heterocycles. The van der Waals surface area contributed by atoms with Crippen LogP contribution >= 0.6 is 0 Å². The Morgan fingerprint density at radius 2 is 1.89 bits per heavy atom. The highest BCUT2D eigenvalue weighted by Gasteiger charge is 2.26. The normalized spacial score (nSPS) is 12.9. The predicted octanol–water partition coefficient (Wildman–Crippen LogP) is 3.19. The SMILES string of the molecule is COc1cccc(NC(=O)N[C@H](C)Cc2cc3c(c(OC)c2OC)OCO3)c1. The Balaban J connectivity index is 1.69. The van der Waals surface area contributed by atoms with Gasteiger partial charge in [-0.1, -0.05) is 6.07 Å². The summed E-state index contributed by atoms with van der Waals surface area (Å²) < 4.78 is 27.1. The van der Waals surface area contributed by atoms with Gasteiger partial charge in [0.15, 0.2) is 11.5 Å². The molecule has 8 heteroatoms. The summed E-state index contributed by atoms with van der Waals surface area (Å²) in [4.78, 5) is 12.3. The Bertz CT molecular complexity index is 855. The monoisotopic (exact) mass is 388 g/mol.